The first-order valence-electron chi connectivity index (χ1n) is 7.92. The van der Waals surface area contributed by atoms with E-state index in [0.29, 0.717) is 23.0 Å². The summed E-state index contributed by atoms with van der Waals surface area (Å²) in [4.78, 5) is 12.4. The van der Waals surface area contributed by atoms with E-state index >= 15 is 0 Å². The van der Waals surface area contributed by atoms with Crippen molar-refractivity contribution < 1.29 is 4.79 Å². The van der Waals surface area contributed by atoms with Gasteiger partial charge in [-0.3, -0.25) is 10.1 Å². The molecule has 2 fully saturated rings. The maximum absolute atomic E-state index is 12.3. The normalized spacial score (nSPS) is 23.1. The number of nitrogens with one attached hydrogen (secondary N) is 3. The molecule has 0 unspecified atom stereocenters. The quantitative estimate of drug-likeness (QED) is 0.758. The average Bonchev–Trinajstić information content (AvgIpc) is 2.94. The predicted octanol–water partition coefficient (Wildman–Crippen LogP) is 2.44. The minimum Gasteiger partial charge on any atom is -0.354 e. The molecule has 2 aliphatic rings. The Hall–Kier alpha value is -0.460. The van der Waals surface area contributed by atoms with E-state index in [1.807, 2.05) is 23.9 Å². The fraction of sp³-hybridized carbons (Fsp3) is 0.562. The van der Waals surface area contributed by atoms with Crippen LogP contribution in [0.3, 0.4) is 0 Å². The van der Waals surface area contributed by atoms with Crippen LogP contribution in [0.15, 0.2) is 18.2 Å². The molecule has 1 atom stereocenters. The molecule has 2 saturated heterocycles. The topological polar surface area (TPSA) is 53.2 Å². The lowest BCUT2D eigenvalue weighted by Gasteiger charge is -2.33. The molecule has 0 bridgehead atoms. The third-order valence-electron chi connectivity index (χ3n) is 4.40. The Bertz CT molecular complexity index is 578. The van der Waals surface area contributed by atoms with Crippen LogP contribution >= 0.6 is 35.0 Å². The van der Waals surface area contributed by atoms with Crippen molar-refractivity contribution in [1.82, 2.24) is 16.0 Å². The van der Waals surface area contributed by atoms with Crippen molar-refractivity contribution in [2.75, 3.05) is 25.4 Å². The molecule has 3 N–H and O–H groups in total. The number of hydrogen-bond donors (Lipinski definition) is 3. The highest BCUT2D eigenvalue weighted by molar-refractivity contribution is 8.01. The number of rotatable bonds is 4. The smallest absolute Gasteiger partial charge is 0.238 e. The molecule has 2 heterocycles. The number of benzene rings is 1. The molecule has 0 aromatic heterocycles. The van der Waals surface area contributed by atoms with Crippen molar-refractivity contribution in [3.05, 3.63) is 33.8 Å². The Morgan fingerprint density at radius 2 is 2.13 bits per heavy atom. The fourth-order valence-corrected chi connectivity index (χ4v) is 5.01. The minimum absolute atomic E-state index is 0.0815. The third-order valence-corrected chi connectivity index (χ3v) is 6.57. The monoisotopic (exact) mass is 373 g/mol. The molecule has 3 rings (SSSR count). The highest BCUT2D eigenvalue weighted by Crippen LogP contribution is 2.37. The van der Waals surface area contributed by atoms with Crippen molar-refractivity contribution in [3.8, 4) is 0 Å². The summed E-state index contributed by atoms with van der Waals surface area (Å²) < 4.78 is 0. The second kappa shape index (κ2) is 7.62. The van der Waals surface area contributed by atoms with E-state index in [2.05, 4.69) is 16.0 Å². The van der Waals surface area contributed by atoms with Crippen molar-refractivity contribution in [3.63, 3.8) is 0 Å². The molecule has 126 valence electrons. The van der Waals surface area contributed by atoms with Gasteiger partial charge in [0, 0.05) is 22.3 Å². The zero-order valence-corrected chi connectivity index (χ0v) is 15.2. The number of halogens is 2. The molecule has 4 nitrogen and oxygen atoms in total. The summed E-state index contributed by atoms with van der Waals surface area (Å²) in [7, 11) is 0. The van der Waals surface area contributed by atoms with E-state index in [0.717, 1.165) is 37.2 Å². The Morgan fingerprint density at radius 1 is 1.35 bits per heavy atom. The molecular formula is C16H21Cl2N3OS. The van der Waals surface area contributed by atoms with E-state index in [9.17, 15) is 4.79 Å². The number of hydrogen-bond acceptors (Lipinski definition) is 4. The predicted molar refractivity (Wildman–Crippen MR) is 97.4 cm³/mol. The van der Waals surface area contributed by atoms with E-state index in [1.165, 1.54) is 0 Å². The highest BCUT2D eigenvalue weighted by Gasteiger charge is 2.42. The number of carbonyl (C=O) groups is 1. The molecule has 1 aromatic rings. The standard InChI is InChI=1S/C16H21Cl2N3OS/c17-12-2-1-11(13(18)9-12)3-6-20-15(22)14-10-23-16(21-14)4-7-19-8-5-16/h1-2,9,14,19,21H,3-8,10H2,(H,20,22)/t14-/m1/s1. The van der Waals surface area contributed by atoms with Crippen molar-refractivity contribution >= 4 is 40.9 Å². The number of thioether (sulfide) groups is 1. The zero-order chi connectivity index (χ0) is 16.3. The second-order valence-electron chi connectivity index (χ2n) is 6.03. The van der Waals surface area contributed by atoms with Crippen LogP contribution in [0, 0.1) is 0 Å². The largest absolute Gasteiger partial charge is 0.354 e. The maximum Gasteiger partial charge on any atom is 0.238 e. The summed E-state index contributed by atoms with van der Waals surface area (Å²) >= 11 is 13.9. The van der Waals surface area contributed by atoms with Gasteiger partial charge in [0.05, 0.1) is 10.9 Å². The zero-order valence-electron chi connectivity index (χ0n) is 12.8. The number of piperidine rings is 1. The van der Waals surface area contributed by atoms with Crippen LogP contribution in [-0.4, -0.2) is 42.2 Å². The highest BCUT2D eigenvalue weighted by atomic mass is 35.5. The Labute approximate surface area is 151 Å². The van der Waals surface area contributed by atoms with Gasteiger partial charge >= 0.3 is 0 Å². The fourth-order valence-electron chi connectivity index (χ4n) is 3.07. The van der Waals surface area contributed by atoms with E-state index < -0.39 is 0 Å². The summed E-state index contributed by atoms with van der Waals surface area (Å²) in [6.07, 6.45) is 2.85. The van der Waals surface area contributed by atoms with Gasteiger partial charge in [-0.25, -0.2) is 0 Å². The van der Waals surface area contributed by atoms with Crippen molar-refractivity contribution in [2.24, 2.45) is 0 Å². The molecule has 1 spiro atoms. The molecule has 2 aliphatic heterocycles. The lowest BCUT2D eigenvalue weighted by molar-refractivity contribution is -0.122. The van der Waals surface area contributed by atoms with Gasteiger partial charge in [-0.15, -0.1) is 11.8 Å². The Morgan fingerprint density at radius 3 is 2.87 bits per heavy atom. The second-order valence-corrected chi connectivity index (χ2v) is 8.28. The summed E-state index contributed by atoms with van der Waals surface area (Å²) in [5, 5.41) is 11.2. The Balaban J connectivity index is 1.46. The maximum atomic E-state index is 12.3. The first-order chi connectivity index (χ1) is 11.1. The van der Waals surface area contributed by atoms with Gasteiger partial charge in [0.1, 0.15) is 0 Å². The van der Waals surface area contributed by atoms with Gasteiger partial charge in [-0.2, -0.15) is 0 Å². The van der Waals surface area contributed by atoms with Gasteiger partial charge in [0.15, 0.2) is 0 Å². The van der Waals surface area contributed by atoms with Gasteiger partial charge < -0.3 is 10.6 Å². The summed E-state index contributed by atoms with van der Waals surface area (Å²) in [5.74, 6) is 0.922. The van der Waals surface area contributed by atoms with Crippen LogP contribution in [0.4, 0.5) is 0 Å². The van der Waals surface area contributed by atoms with Crippen LogP contribution in [0.25, 0.3) is 0 Å². The van der Waals surface area contributed by atoms with Crippen molar-refractivity contribution in [2.45, 2.75) is 30.2 Å². The SMILES string of the molecule is O=C(NCCc1ccc(Cl)cc1Cl)[C@H]1CSC2(CCNCC2)N1. The van der Waals surface area contributed by atoms with Crippen molar-refractivity contribution in [1.29, 1.82) is 0 Å². The first-order valence-corrected chi connectivity index (χ1v) is 9.66. The molecule has 1 amide bonds. The van der Waals surface area contributed by atoms with Crippen LogP contribution in [0.2, 0.25) is 10.0 Å². The number of amides is 1. The summed E-state index contributed by atoms with van der Waals surface area (Å²) in [5.41, 5.74) is 1.000. The van der Waals surface area contributed by atoms with Crippen LogP contribution in [-0.2, 0) is 11.2 Å². The third kappa shape index (κ3) is 4.34. The molecule has 0 aliphatic carbocycles. The van der Waals surface area contributed by atoms with Crippen LogP contribution in [0.5, 0.6) is 0 Å². The number of carbonyl (C=O) groups excluding carboxylic acids is 1. The summed E-state index contributed by atoms with van der Waals surface area (Å²) in [6.45, 7) is 2.62. The molecule has 1 aromatic carbocycles. The van der Waals surface area contributed by atoms with Crippen LogP contribution in [0.1, 0.15) is 18.4 Å². The molecular weight excluding hydrogens is 353 g/mol. The lowest BCUT2D eigenvalue weighted by Crippen LogP contribution is -2.53. The van der Waals surface area contributed by atoms with E-state index in [-0.39, 0.29) is 16.8 Å². The summed E-state index contributed by atoms with van der Waals surface area (Å²) in [6, 6.07) is 5.36. The molecule has 0 radical (unpaired) electrons. The Kier molecular flexibility index (Phi) is 5.75. The molecule has 0 saturated carbocycles. The minimum atomic E-state index is -0.0983. The van der Waals surface area contributed by atoms with Gasteiger partial charge in [-0.05, 0) is 50.0 Å². The van der Waals surface area contributed by atoms with E-state index in [4.69, 9.17) is 23.2 Å². The molecule has 23 heavy (non-hydrogen) atoms. The first kappa shape index (κ1) is 17.4. The van der Waals surface area contributed by atoms with E-state index in [1.54, 1.807) is 6.07 Å². The van der Waals surface area contributed by atoms with Gasteiger partial charge in [-0.1, -0.05) is 29.3 Å². The van der Waals surface area contributed by atoms with Gasteiger partial charge in [0.25, 0.3) is 0 Å². The molecule has 7 heteroatoms. The average molecular weight is 374 g/mol. The lowest BCUT2D eigenvalue weighted by atomic mass is 10.0. The van der Waals surface area contributed by atoms with Crippen LogP contribution < -0.4 is 16.0 Å². The van der Waals surface area contributed by atoms with Gasteiger partial charge in [0.2, 0.25) is 5.91 Å².